The van der Waals surface area contributed by atoms with Crippen LogP contribution in [0.25, 0.3) is 0 Å². The Morgan fingerprint density at radius 2 is 1.86 bits per heavy atom. The minimum absolute atomic E-state index is 0.0703. The molecule has 0 aliphatic carbocycles. The zero-order chi connectivity index (χ0) is 16.6. The molecule has 0 saturated heterocycles. The number of alkyl halides is 3. The van der Waals surface area contributed by atoms with Crippen molar-refractivity contribution in [2.45, 2.75) is 51.6 Å². The Hall–Kier alpha value is -1.09. The van der Waals surface area contributed by atoms with Gasteiger partial charge < -0.3 is 10.4 Å². The smallest absolute Gasteiger partial charge is 0.388 e. The van der Waals surface area contributed by atoms with E-state index in [2.05, 4.69) is 26.3 Å². The van der Waals surface area contributed by atoms with Crippen LogP contribution in [0.1, 0.15) is 27.7 Å². The van der Waals surface area contributed by atoms with Crippen LogP contribution in [0.3, 0.4) is 0 Å². The van der Waals surface area contributed by atoms with E-state index in [9.17, 15) is 23.1 Å². The first-order valence-corrected chi connectivity index (χ1v) is 6.87. The average Bonchev–Trinajstić information content (AvgIpc) is 2.25. The number of hydrogen-bond donors (Lipinski definition) is 2. The van der Waals surface area contributed by atoms with Gasteiger partial charge in [0.05, 0.1) is 23.0 Å². The molecule has 1 rings (SSSR count). The van der Waals surface area contributed by atoms with Crippen molar-refractivity contribution in [1.29, 1.82) is 0 Å². The molecule has 1 aromatic rings. The lowest BCUT2D eigenvalue weighted by Gasteiger charge is -2.39. The minimum Gasteiger partial charge on any atom is -0.388 e. The molecule has 0 bridgehead atoms. The predicted octanol–water partition coefficient (Wildman–Crippen LogP) is 2.53. The fraction of sp³-hybridized carbons (Fsp3) is 0.667. The van der Waals surface area contributed by atoms with E-state index < -0.39 is 29.4 Å². The summed E-state index contributed by atoms with van der Waals surface area (Å²) in [6.07, 6.45) is -3.41. The third-order valence-electron chi connectivity index (χ3n) is 3.29. The van der Waals surface area contributed by atoms with Gasteiger partial charge in [-0.15, -0.1) is 0 Å². The Morgan fingerprint density at radius 3 is 2.29 bits per heavy atom. The Kier molecular flexibility index (Phi) is 4.79. The lowest BCUT2D eigenvalue weighted by molar-refractivity contribution is -0.143. The molecule has 0 aliphatic heterocycles. The maximum atomic E-state index is 12.3. The van der Waals surface area contributed by atoms with Crippen LogP contribution in [0, 0.1) is 0 Å². The van der Waals surface area contributed by atoms with Crippen LogP contribution in [-0.2, 0) is 6.54 Å². The van der Waals surface area contributed by atoms with Gasteiger partial charge >= 0.3 is 6.18 Å². The van der Waals surface area contributed by atoms with Gasteiger partial charge in [-0.2, -0.15) is 18.3 Å². The number of aromatic nitrogens is 2. The van der Waals surface area contributed by atoms with Crippen LogP contribution in [0.5, 0.6) is 0 Å². The van der Waals surface area contributed by atoms with Crippen LogP contribution in [0.2, 0.25) is 0 Å². The van der Waals surface area contributed by atoms with E-state index in [1.807, 2.05) is 0 Å². The molecule has 1 aromatic heterocycles. The second-order valence-electron chi connectivity index (χ2n) is 5.76. The third-order valence-corrected chi connectivity index (χ3v) is 4.06. The topological polar surface area (TPSA) is 67.2 Å². The SMILES string of the molecule is CC(C)(O)C(C)(C)Nc1cnn(CC(F)(F)F)c(=O)c1Br. The minimum atomic E-state index is -4.53. The van der Waals surface area contributed by atoms with E-state index in [1.54, 1.807) is 27.7 Å². The maximum Gasteiger partial charge on any atom is 0.408 e. The molecule has 0 radical (unpaired) electrons. The highest BCUT2D eigenvalue weighted by molar-refractivity contribution is 9.10. The van der Waals surface area contributed by atoms with Gasteiger partial charge in [-0.05, 0) is 43.6 Å². The average molecular weight is 372 g/mol. The van der Waals surface area contributed by atoms with Crippen molar-refractivity contribution >= 4 is 21.6 Å². The molecule has 9 heteroatoms. The molecule has 0 unspecified atom stereocenters. The number of hydrogen-bond acceptors (Lipinski definition) is 4. The normalized spacial score (nSPS) is 13.4. The summed E-state index contributed by atoms with van der Waals surface area (Å²) in [5.74, 6) is 0. The molecule has 120 valence electrons. The molecule has 0 amide bonds. The van der Waals surface area contributed by atoms with Crippen molar-refractivity contribution in [3.63, 3.8) is 0 Å². The maximum absolute atomic E-state index is 12.3. The number of halogens is 4. The molecule has 21 heavy (non-hydrogen) atoms. The number of nitrogens with one attached hydrogen (secondary N) is 1. The molecule has 0 aliphatic rings. The summed E-state index contributed by atoms with van der Waals surface area (Å²) < 4.78 is 37.2. The first-order chi connectivity index (χ1) is 9.24. The van der Waals surface area contributed by atoms with Crippen LogP contribution in [-0.4, -0.2) is 32.2 Å². The van der Waals surface area contributed by atoms with Gasteiger partial charge in [0.1, 0.15) is 11.0 Å². The Morgan fingerprint density at radius 1 is 1.33 bits per heavy atom. The molecule has 0 saturated carbocycles. The van der Waals surface area contributed by atoms with E-state index in [1.165, 1.54) is 0 Å². The first-order valence-electron chi connectivity index (χ1n) is 6.07. The van der Waals surface area contributed by atoms with Crippen LogP contribution in [0.4, 0.5) is 18.9 Å². The molecule has 0 spiro atoms. The van der Waals surface area contributed by atoms with Crippen LogP contribution < -0.4 is 10.9 Å². The van der Waals surface area contributed by atoms with Crippen LogP contribution >= 0.6 is 15.9 Å². The summed E-state index contributed by atoms with van der Waals surface area (Å²) >= 11 is 2.97. The zero-order valence-corrected chi connectivity index (χ0v) is 13.6. The largest absolute Gasteiger partial charge is 0.408 e. The van der Waals surface area contributed by atoms with E-state index in [-0.39, 0.29) is 10.2 Å². The predicted molar refractivity (Wildman–Crippen MR) is 76.3 cm³/mol. The van der Waals surface area contributed by atoms with Crippen LogP contribution in [0.15, 0.2) is 15.5 Å². The van der Waals surface area contributed by atoms with Crippen molar-refractivity contribution in [2.75, 3.05) is 5.32 Å². The highest BCUT2D eigenvalue weighted by atomic mass is 79.9. The van der Waals surface area contributed by atoms with Gasteiger partial charge in [0.15, 0.2) is 0 Å². The van der Waals surface area contributed by atoms with Crippen molar-refractivity contribution < 1.29 is 18.3 Å². The molecule has 2 N–H and O–H groups in total. The Bertz CT molecular complexity index is 577. The molecule has 5 nitrogen and oxygen atoms in total. The Balaban J connectivity index is 3.15. The standard InChI is InChI=1S/C12H17BrF3N3O2/c1-10(2,11(3,4)21)18-7-5-17-19(6-12(14,15)16)9(20)8(7)13/h5,18,21H,6H2,1-4H3. The Labute approximate surface area is 128 Å². The van der Waals surface area contributed by atoms with Gasteiger partial charge in [0.25, 0.3) is 5.56 Å². The van der Waals surface area contributed by atoms with E-state index in [0.717, 1.165) is 6.20 Å². The molecule has 0 fully saturated rings. The summed E-state index contributed by atoms with van der Waals surface area (Å²) in [7, 11) is 0. The monoisotopic (exact) mass is 371 g/mol. The van der Waals surface area contributed by atoms with E-state index in [0.29, 0.717) is 4.68 Å². The highest BCUT2D eigenvalue weighted by Crippen LogP contribution is 2.28. The molecular weight excluding hydrogens is 355 g/mol. The first kappa shape index (κ1) is 18.0. The number of rotatable bonds is 4. The van der Waals surface area contributed by atoms with Crippen molar-refractivity contribution in [3.05, 3.63) is 21.0 Å². The zero-order valence-electron chi connectivity index (χ0n) is 12.0. The number of nitrogens with zero attached hydrogens (tertiary/aromatic N) is 2. The second-order valence-corrected chi connectivity index (χ2v) is 6.55. The lowest BCUT2D eigenvalue weighted by atomic mass is 9.86. The molecule has 1 heterocycles. The van der Waals surface area contributed by atoms with Gasteiger partial charge in [0, 0.05) is 0 Å². The fourth-order valence-corrected chi connectivity index (χ4v) is 1.73. The second kappa shape index (κ2) is 5.60. The summed E-state index contributed by atoms with van der Waals surface area (Å²) in [6.45, 7) is 5.08. The summed E-state index contributed by atoms with van der Waals surface area (Å²) in [6, 6.07) is 0. The summed E-state index contributed by atoms with van der Waals surface area (Å²) in [5.41, 5.74) is -2.65. The quantitative estimate of drug-likeness (QED) is 0.853. The third kappa shape index (κ3) is 4.44. The number of anilines is 1. The molecular formula is C12H17BrF3N3O2. The van der Waals surface area contributed by atoms with Gasteiger partial charge in [-0.25, -0.2) is 4.68 Å². The van der Waals surface area contributed by atoms with Crippen molar-refractivity contribution in [1.82, 2.24) is 9.78 Å². The van der Waals surface area contributed by atoms with Gasteiger partial charge in [0.2, 0.25) is 0 Å². The van der Waals surface area contributed by atoms with Crippen molar-refractivity contribution in [2.24, 2.45) is 0 Å². The van der Waals surface area contributed by atoms with Gasteiger partial charge in [-0.3, -0.25) is 4.79 Å². The fourth-order valence-electron chi connectivity index (χ4n) is 1.32. The highest BCUT2D eigenvalue weighted by Gasteiger charge is 2.36. The van der Waals surface area contributed by atoms with Crippen molar-refractivity contribution in [3.8, 4) is 0 Å². The van der Waals surface area contributed by atoms with E-state index >= 15 is 0 Å². The molecule has 0 atom stereocenters. The molecule has 0 aromatic carbocycles. The number of aliphatic hydroxyl groups is 1. The summed E-state index contributed by atoms with van der Waals surface area (Å²) in [5, 5.41) is 16.4. The summed E-state index contributed by atoms with van der Waals surface area (Å²) in [4.78, 5) is 11.9. The lowest BCUT2D eigenvalue weighted by Crippen LogP contribution is -2.51. The van der Waals surface area contributed by atoms with Gasteiger partial charge in [-0.1, -0.05) is 0 Å². The van der Waals surface area contributed by atoms with E-state index in [4.69, 9.17) is 0 Å².